The van der Waals surface area contributed by atoms with Crippen LogP contribution in [0.5, 0.6) is 0 Å². The van der Waals surface area contributed by atoms with Crippen molar-refractivity contribution >= 4 is 0 Å². The standard InChI is InChI=1S/C12H24N2O/c1-11-8-14(6-7-15-11)10-12-4-3-5-13(2)9-12/h11-12H,3-10H2,1-2H3. The second-order valence-electron chi connectivity index (χ2n) is 5.21. The van der Waals surface area contributed by atoms with Crippen molar-refractivity contribution in [2.75, 3.05) is 46.4 Å². The minimum Gasteiger partial charge on any atom is -0.376 e. The average molecular weight is 212 g/mol. The number of rotatable bonds is 2. The molecule has 0 bridgehead atoms. The van der Waals surface area contributed by atoms with Gasteiger partial charge < -0.3 is 9.64 Å². The fourth-order valence-corrected chi connectivity index (χ4v) is 2.84. The molecule has 3 nitrogen and oxygen atoms in total. The summed E-state index contributed by atoms with van der Waals surface area (Å²) < 4.78 is 5.57. The summed E-state index contributed by atoms with van der Waals surface area (Å²) in [6.07, 6.45) is 3.22. The summed E-state index contributed by atoms with van der Waals surface area (Å²) in [7, 11) is 2.24. The number of hydrogen-bond acceptors (Lipinski definition) is 3. The first-order valence-corrected chi connectivity index (χ1v) is 6.26. The Morgan fingerprint density at radius 2 is 2.13 bits per heavy atom. The third-order valence-electron chi connectivity index (χ3n) is 3.56. The summed E-state index contributed by atoms with van der Waals surface area (Å²) in [6.45, 7) is 9.20. The zero-order chi connectivity index (χ0) is 10.7. The summed E-state index contributed by atoms with van der Waals surface area (Å²) in [4.78, 5) is 5.05. The molecule has 2 atom stereocenters. The van der Waals surface area contributed by atoms with Crippen molar-refractivity contribution in [1.82, 2.24) is 9.80 Å². The van der Waals surface area contributed by atoms with Gasteiger partial charge in [0.15, 0.2) is 0 Å². The van der Waals surface area contributed by atoms with Crippen LogP contribution in [0, 0.1) is 5.92 Å². The maximum Gasteiger partial charge on any atom is 0.0674 e. The van der Waals surface area contributed by atoms with E-state index >= 15 is 0 Å². The molecule has 2 rings (SSSR count). The Labute approximate surface area is 93.4 Å². The van der Waals surface area contributed by atoms with E-state index in [9.17, 15) is 0 Å². The first kappa shape index (κ1) is 11.4. The van der Waals surface area contributed by atoms with Gasteiger partial charge in [-0.3, -0.25) is 4.90 Å². The van der Waals surface area contributed by atoms with Crippen LogP contribution in [-0.4, -0.2) is 62.3 Å². The molecule has 15 heavy (non-hydrogen) atoms. The number of likely N-dealkylation sites (tertiary alicyclic amines) is 1. The van der Waals surface area contributed by atoms with Gasteiger partial charge >= 0.3 is 0 Å². The molecule has 2 fully saturated rings. The Bertz CT molecular complexity index is 178. The first-order chi connectivity index (χ1) is 7.24. The maximum absolute atomic E-state index is 5.57. The molecule has 0 saturated carbocycles. The van der Waals surface area contributed by atoms with Crippen LogP contribution in [0.15, 0.2) is 0 Å². The van der Waals surface area contributed by atoms with Gasteiger partial charge in [0.05, 0.1) is 12.7 Å². The van der Waals surface area contributed by atoms with Crippen molar-refractivity contribution in [2.45, 2.75) is 25.9 Å². The Balaban J connectivity index is 1.75. The minimum atomic E-state index is 0.431. The third kappa shape index (κ3) is 3.44. The van der Waals surface area contributed by atoms with Crippen LogP contribution in [-0.2, 0) is 4.74 Å². The van der Waals surface area contributed by atoms with E-state index in [2.05, 4.69) is 23.8 Å². The van der Waals surface area contributed by atoms with E-state index in [1.165, 1.54) is 32.5 Å². The SMILES string of the molecule is CC1CN(CC2CCCN(C)C2)CCO1. The molecule has 0 aromatic heterocycles. The molecule has 2 aliphatic rings. The molecular weight excluding hydrogens is 188 g/mol. The number of nitrogens with zero attached hydrogens (tertiary/aromatic N) is 2. The van der Waals surface area contributed by atoms with Gasteiger partial charge in [0.2, 0.25) is 0 Å². The molecule has 0 radical (unpaired) electrons. The molecule has 3 heteroatoms. The molecule has 0 N–H and O–H groups in total. The van der Waals surface area contributed by atoms with Gasteiger partial charge in [-0.1, -0.05) is 0 Å². The quantitative estimate of drug-likeness (QED) is 0.680. The normalized spacial score (nSPS) is 35.6. The van der Waals surface area contributed by atoms with E-state index in [0.29, 0.717) is 6.10 Å². The van der Waals surface area contributed by atoms with Crippen LogP contribution in [0.25, 0.3) is 0 Å². The highest BCUT2D eigenvalue weighted by molar-refractivity contribution is 4.76. The Morgan fingerprint density at radius 1 is 1.27 bits per heavy atom. The molecule has 2 saturated heterocycles. The van der Waals surface area contributed by atoms with Gasteiger partial charge in [-0.15, -0.1) is 0 Å². The van der Waals surface area contributed by atoms with E-state index in [1.54, 1.807) is 0 Å². The molecule has 0 amide bonds. The Hall–Kier alpha value is -0.120. The first-order valence-electron chi connectivity index (χ1n) is 6.26. The van der Waals surface area contributed by atoms with Crippen LogP contribution in [0.3, 0.4) is 0 Å². The van der Waals surface area contributed by atoms with Crippen molar-refractivity contribution in [3.05, 3.63) is 0 Å². The molecule has 2 heterocycles. The lowest BCUT2D eigenvalue weighted by Crippen LogP contribution is -2.46. The lowest BCUT2D eigenvalue weighted by molar-refractivity contribution is -0.0262. The number of morpholine rings is 1. The van der Waals surface area contributed by atoms with Crippen molar-refractivity contribution in [3.8, 4) is 0 Å². The van der Waals surface area contributed by atoms with Crippen molar-refractivity contribution < 1.29 is 4.74 Å². The molecule has 0 aliphatic carbocycles. The highest BCUT2D eigenvalue weighted by atomic mass is 16.5. The van der Waals surface area contributed by atoms with E-state index < -0.39 is 0 Å². The van der Waals surface area contributed by atoms with Crippen LogP contribution < -0.4 is 0 Å². The summed E-state index contributed by atoms with van der Waals surface area (Å²) in [5.74, 6) is 0.883. The van der Waals surface area contributed by atoms with E-state index in [0.717, 1.165) is 25.6 Å². The zero-order valence-corrected chi connectivity index (χ0v) is 10.1. The lowest BCUT2D eigenvalue weighted by atomic mass is 9.97. The predicted molar refractivity (Wildman–Crippen MR) is 62.1 cm³/mol. The fraction of sp³-hybridized carbons (Fsp3) is 1.00. The van der Waals surface area contributed by atoms with Crippen molar-refractivity contribution in [1.29, 1.82) is 0 Å². The van der Waals surface area contributed by atoms with Gasteiger partial charge in [-0.25, -0.2) is 0 Å². The van der Waals surface area contributed by atoms with Crippen LogP contribution in [0.1, 0.15) is 19.8 Å². The van der Waals surface area contributed by atoms with Gasteiger partial charge in [0.25, 0.3) is 0 Å². The maximum atomic E-state index is 5.57. The summed E-state index contributed by atoms with van der Waals surface area (Å²) in [5, 5.41) is 0. The van der Waals surface area contributed by atoms with Gasteiger partial charge in [0.1, 0.15) is 0 Å². The molecule has 0 spiro atoms. The third-order valence-corrected chi connectivity index (χ3v) is 3.56. The van der Waals surface area contributed by atoms with E-state index in [1.807, 2.05) is 0 Å². The molecule has 0 aromatic carbocycles. The average Bonchev–Trinajstić information content (AvgIpc) is 2.17. The van der Waals surface area contributed by atoms with Gasteiger partial charge in [-0.05, 0) is 39.3 Å². The predicted octanol–water partition coefficient (Wildman–Crippen LogP) is 1.05. The summed E-state index contributed by atoms with van der Waals surface area (Å²) in [6, 6.07) is 0. The van der Waals surface area contributed by atoms with Crippen LogP contribution in [0.4, 0.5) is 0 Å². The summed E-state index contributed by atoms with van der Waals surface area (Å²) >= 11 is 0. The summed E-state index contributed by atoms with van der Waals surface area (Å²) in [5.41, 5.74) is 0. The number of piperidine rings is 1. The van der Waals surface area contributed by atoms with E-state index in [-0.39, 0.29) is 0 Å². The monoisotopic (exact) mass is 212 g/mol. The highest BCUT2D eigenvalue weighted by Crippen LogP contribution is 2.17. The van der Waals surface area contributed by atoms with Crippen LogP contribution >= 0.6 is 0 Å². The Morgan fingerprint density at radius 3 is 2.87 bits per heavy atom. The van der Waals surface area contributed by atoms with Gasteiger partial charge in [-0.2, -0.15) is 0 Å². The number of hydrogen-bond donors (Lipinski definition) is 0. The minimum absolute atomic E-state index is 0.431. The number of ether oxygens (including phenoxy) is 1. The molecule has 0 aromatic rings. The van der Waals surface area contributed by atoms with Crippen LogP contribution in [0.2, 0.25) is 0 Å². The Kier molecular flexibility index (Phi) is 4.00. The fourth-order valence-electron chi connectivity index (χ4n) is 2.84. The lowest BCUT2D eigenvalue weighted by Gasteiger charge is -2.37. The second-order valence-corrected chi connectivity index (χ2v) is 5.21. The van der Waals surface area contributed by atoms with E-state index in [4.69, 9.17) is 4.74 Å². The van der Waals surface area contributed by atoms with Crippen molar-refractivity contribution in [3.63, 3.8) is 0 Å². The highest BCUT2D eigenvalue weighted by Gasteiger charge is 2.23. The zero-order valence-electron chi connectivity index (χ0n) is 10.1. The van der Waals surface area contributed by atoms with Crippen molar-refractivity contribution in [2.24, 2.45) is 5.92 Å². The van der Waals surface area contributed by atoms with Gasteiger partial charge in [0, 0.05) is 26.2 Å². The molecule has 2 unspecified atom stereocenters. The second kappa shape index (κ2) is 5.28. The molecular formula is C12H24N2O. The largest absolute Gasteiger partial charge is 0.376 e. The molecule has 88 valence electrons. The molecule has 2 aliphatic heterocycles. The topological polar surface area (TPSA) is 15.7 Å². The smallest absolute Gasteiger partial charge is 0.0674 e.